The van der Waals surface area contributed by atoms with Gasteiger partial charge in [0.2, 0.25) is 12.7 Å². The number of aryl methyl sites for hydroxylation is 1. The van der Waals surface area contributed by atoms with Gasteiger partial charge in [0.05, 0.1) is 21.5 Å². The molecule has 2 amide bonds. The second-order valence-electron chi connectivity index (χ2n) is 7.35. The molecule has 2 heterocycles. The normalized spacial score (nSPS) is 12.0. The van der Waals surface area contributed by atoms with Gasteiger partial charge in [-0.05, 0) is 48.9 Å². The summed E-state index contributed by atoms with van der Waals surface area (Å²) in [6.07, 6.45) is 0. The lowest BCUT2D eigenvalue weighted by Crippen LogP contribution is -2.15. The van der Waals surface area contributed by atoms with Crippen molar-refractivity contribution in [2.45, 2.75) is 11.8 Å². The molecule has 9 heteroatoms. The third-order valence-corrected chi connectivity index (χ3v) is 6.92. The molecule has 33 heavy (non-hydrogen) atoms. The Hall–Kier alpha value is -3.56. The van der Waals surface area contributed by atoms with Crippen molar-refractivity contribution in [3.63, 3.8) is 0 Å². The summed E-state index contributed by atoms with van der Waals surface area (Å²) in [5.41, 5.74) is 3.12. The van der Waals surface area contributed by atoms with E-state index in [2.05, 4.69) is 15.6 Å². The number of fused-ring (bicyclic) bond motifs is 2. The van der Waals surface area contributed by atoms with Crippen molar-refractivity contribution in [1.82, 2.24) is 4.98 Å². The Bertz CT molecular complexity index is 1370. The summed E-state index contributed by atoms with van der Waals surface area (Å²) >= 11 is 2.73. The van der Waals surface area contributed by atoms with Crippen LogP contribution in [-0.2, 0) is 4.79 Å². The molecular formula is C24H19N3O4S2. The van der Waals surface area contributed by atoms with Gasteiger partial charge in [-0.1, -0.05) is 29.5 Å². The van der Waals surface area contributed by atoms with E-state index in [1.165, 1.54) is 23.1 Å². The number of nitrogens with one attached hydrogen (secondary N) is 2. The molecule has 0 radical (unpaired) electrons. The van der Waals surface area contributed by atoms with Gasteiger partial charge in [-0.3, -0.25) is 14.9 Å². The summed E-state index contributed by atoms with van der Waals surface area (Å²) in [6, 6.07) is 18.4. The molecule has 3 aromatic carbocycles. The van der Waals surface area contributed by atoms with Crippen molar-refractivity contribution in [3.8, 4) is 11.5 Å². The lowest BCUT2D eigenvalue weighted by atomic mass is 10.2. The number of thioether (sulfide) groups is 1. The van der Waals surface area contributed by atoms with Gasteiger partial charge in [-0.15, -0.1) is 11.8 Å². The summed E-state index contributed by atoms with van der Waals surface area (Å²) < 4.78 is 11.6. The van der Waals surface area contributed by atoms with Crippen LogP contribution in [0.1, 0.15) is 15.9 Å². The maximum absolute atomic E-state index is 12.9. The molecule has 0 saturated carbocycles. The van der Waals surface area contributed by atoms with Crippen LogP contribution < -0.4 is 20.1 Å². The van der Waals surface area contributed by atoms with E-state index in [0.717, 1.165) is 15.8 Å². The van der Waals surface area contributed by atoms with Crippen molar-refractivity contribution in [3.05, 3.63) is 71.8 Å². The van der Waals surface area contributed by atoms with Crippen LogP contribution in [0.5, 0.6) is 11.5 Å². The summed E-state index contributed by atoms with van der Waals surface area (Å²) in [5, 5.41) is 6.28. The average molecular weight is 478 g/mol. The van der Waals surface area contributed by atoms with E-state index in [1.807, 2.05) is 37.3 Å². The fourth-order valence-corrected chi connectivity index (χ4v) is 5.15. The minimum atomic E-state index is -0.259. The van der Waals surface area contributed by atoms with Gasteiger partial charge in [0.25, 0.3) is 5.91 Å². The molecule has 0 bridgehead atoms. The lowest BCUT2D eigenvalue weighted by molar-refractivity contribution is -0.113. The van der Waals surface area contributed by atoms with E-state index in [9.17, 15) is 9.59 Å². The predicted octanol–water partition coefficient (Wildman–Crippen LogP) is 5.32. The minimum absolute atomic E-state index is 0.152. The Morgan fingerprint density at radius 1 is 1.03 bits per heavy atom. The topological polar surface area (TPSA) is 89.6 Å². The molecule has 2 N–H and O–H groups in total. The first kappa shape index (κ1) is 21.3. The van der Waals surface area contributed by atoms with E-state index in [4.69, 9.17) is 9.47 Å². The number of carbonyl (C=O) groups is 2. The molecule has 1 aromatic heterocycles. The standard InChI is InChI=1S/C24H19N3O4S2/c1-14-6-8-17-21(10-14)33-24(26-17)27-23(29)16-4-2-3-5-20(16)32-12-22(28)25-15-7-9-18-19(11-15)31-13-30-18/h2-11H,12-13H2,1H3,(H,25,28)(H,26,27,29). The first-order valence-electron chi connectivity index (χ1n) is 10.1. The Labute approximate surface area is 198 Å². The molecule has 0 spiro atoms. The number of nitrogens with zero attached hydrogens (tertiary/aromatic N) is 1. The van der Waals surface area contributed by atoms with Crippen LogP contribution in [0.15, 0.2) is 65.6 Å². The second-order valence-corrected chi connectivity index (χ2v) is 9.39. The van der Waals surface area contributed by atoms with Gasteiger partial charge in [0, 0.05) is 16.6 Å². The summed E-state index contributed by atoms with van der Waals surface area (Å²) in [7, 11) is 0. The Morgan fingerprint density at radius 3 is 2.79 bits per heavy atom. The Balaban J connectivity index is 1.24. The fraction of sp³-hybridized carbons (Fsp3) is 0.125. The van der Waals surface area contributed by atoms with Crippen molar-refractivity contribution in [2.75, 3.05) is 23.2 Å². The molecule has 0 atom stereocenters. The van der Waals surface area contributed by atoms with Gasteiger partial charge < -0.3 is 14.8 Å². The largest absolute Gasteiger partial charge is 0.454 e. The third kappa shape index (κ3) is 4.79. The number of hydrogen-bond donors (Lipinski definition) is 2. The number of carbonyl (C=O) groups excluding carboxylic acids is 2. The van der Waals surface area contributed by atoms with E-state index in [-0.39, 0.29) is 24.4 Å². The van der Waals surface area contributed by atoms with Crippen molar-refractivity contribution in [2.24, 2.45) is 0 Å². The molecule has 4 aromatic rings. The molecule has 7 nitrogen and oxygen atoms in total. The SMILES string of the molecule is Cc1ccc2nc(NC(=O)c3ccccc3SCC(=O)Nc3ccc4c(c3)OCO4)sc2c1. The smallest absolute Gasteiger partial charge is 0.258 e. The molecule has 0 fully saturated rings. The number of benzene rings is 3. The number of thiazole rings is 1. The Morgan fingerprint density at radius 2 is 1.88 bits per heavy atom. The predicted molar refractivity (Wildman–Crippen MR) is 131 cm³/mol. The summed E-state index contributed by atoms with van der Waals surface area (Å²) in [6.45, 7) is 2.20. The molecule has 0 aliphatic carbocycles. The van der Waals surface area contributed by atoms with Gasteiger partial charge in [0.1, 0.15) is 0 Å². The van der Waals surface area contributed by atoms with Crippen molar-refractivity contribution >= 4 is 55.9 Å². The number of aromatic nitrogens is 1. The average Bonchev–Trinajstić information content (AvgIpc) is 3.43. The van der Waals surface area contributed by atoms with Crippen LogP contribution in [0.2, 0.25) is 0 Å². The van der Waals surface area contributed by atoms with E-state index in [0.29, 0.717) is 32.8 Å². The van der Waals surface area contributed by atoms with Crippen LogP contribution in [0, 0.1) is 6.92 Å². The first-order valence-corrected chi connectivity index (χ1v) is 12.0. The minimum Gasteiger partial charge on any atom is -0.454 e. The van der Waals surface area contributed by atoms with Gasteiger partial charge in [-0.25, -0.2) is 4.98 Å². The highest BCUT2D eigenvalue weighted by molar-refractivity contribution is 8.00. The molecule has 0 unspecified atom stereocenters. The third-order valence-electron chi connectivity index (χ3n) is 4.91. The van der Waals surface area contributed by atoms with E-state index in [1.54, 1.807) is 30.3 Å². The molecule has 166 valence electrons. The highest BCUT2D eigenvalue weighted by atomic mass is 32.2. The zero-order valence-corrected chi connectivity index (χ0v) is 19.2. The van der Waals surface area contributed by atoms with Crippen LogP contribution >= 0.6 is 23.1 Å². The molecule has 0 saturated heterocycles. The maximum atomic E-state index is 12.9. The fourth-order valence-electron chi connectivity index (χ4n) is 3.34. The second kappa shape index (κ2) is 9.13. The van der Waals surface area contributed by atoms with Gasteiger partial charge in [-0.2, -0.15) is 0 Å². The highest BCUT2D eigenvalue weighted by Crippen LogP contribution is 2.34. The van der Waals surface area contributed by atoms with Gasteiger partial charge in [0.15, 0.2) is 16.6 Å². The van der Waals surface area contributed by atoms with E-state index >= 15 is 0 Å². The van der Waals surface area contributed by atoms with Crippen LogP contribution in [0.4, 0.5) is 10.8 Å². The monoisotopic (exact) mass is 477 g/mol. The van der Waals surface area contributed by atoms with Crippen molar-refractivity contribution in [1.29, 1.82) is 0 Å². The zero-order valence-electron chi connectivity index (χ0n) is 17.6. The lowest BCUT2D eigenvalue weighted by Gasteiger charge is -2.09. The number of rotatable bonds is 6. The molecular weight excluding hydrogens is 458 g/mol. The first-order chi connectivity index (χ1) is 16.0. The van der Waals surface area contributed by atoms with Crippen LogP contribution in [0.25, 0.3) is 10.2 Å². The maximum Gasteiger partial charge on any atom is 0.258 e. The number of hydrogen-bond acceptors (Lipinski definition) is 7. The quantitative estimate of drug-likeness (QED) is 0.366. The van der Waals surface area contributed by atoms with Gasteiger partial charge >= 0.3 is 0 Å². The van der Waals surface area contributed by atoms with Crippen LogP contribution in [0.3, 0.4) is 0 Å². The van der Waals surface area contributed by atoms with Crippen LogP contribution in [-0.4, -0.2) is 29.3 Å². The summed E-state index contributed by atoms with van der Waals surface area (Å²) in [5.74, 6) is 0.970. The molecule has 1 aliphatic rings. The van der Waals surface area contributed by atoms with Crippen molar-refractivity contribution < 1.29 is 19.1 Å². The molecule has 5 rings (SSSR count). The Kier molecular flexibility index (Phi) is 5.89. The van der Waals surface area contributed by atoms with E-state index < -0.39 is 0 Å². The number of anilines is 2. The molecule has 1 aliphatic heterocycles. The zero-order chi connectivity index (χ0) is 22.8. The highest BCUT2D eigenvalue weighted by Gasteiger charge is 2.17. The number of ether oxygens (including phenoxy) is 2. The summed E-state index contributed by atoms with van der Waals surface area (Å²) in [4.78, 5) is 30.6. The number of amides is 2.